The van der Waals surface area contributed by atoms with E-state index in [1.807, 2.05) is 13.8 Å². The summed E-state index contributed by atoms with van der Waals surface area (Å²) < 4.78 is 49.9. The molecule has 1 aliphatic heterocycles. The minimum absolute atomic E-state index is 0.0749. The molecule has 1 unspecified atom stereocenters. The summed E-state index contributed by atoms with van der Waals surface area (Å²) in [6.07, 6.45) is -3.03. The Morgan fingerprint density at radius 1 is 1.22 bits per heavy atom. The van der Waals surface area contributed by atoms with E-state index in [4.69, 9.17) is 0 Å². The van der Waals surface area contributed by atoms with Crippen LogP contribution in [-0.4, -0.2) is 60.3 Å². The first-order chi connectivity index (χ1) is 8.30. The van der Waals surface area contributed by atoms with Gasteiger partial charge in [-0.3, -0.25) is 9.69 Å². The van der Waals surface area contributed by atoms with Crippen LogP contribution in [0.4, 0.5) is 17.6 Å². The molecular formula is C11H18F4N2O. The lowest BCUT2D eigenvalue weighted by Crippen LogP contribution is -2.56. The summed E-state index contributed by atoms with van der Waals surface area (Å²) in [5, 5.41) is 0. The number of alkyl halides is 4. The van der Waals surface area contributed by atoms with Crippen molar-refractivity contribution in [3.05, 3.63) is 0 Å². The lowest BCUT2D eigenvalue weighted by atomic mass is 10.1. The highest BCUT2D eigenvalue weighted by Gasteiger charge is 2.51. The van der Waals surface area contributed by atoms with E-state index in [1.165, 1.54) is 0 Å². The Labute approximate surface area is 104 Å². The molecule has 1 saturated heterocycles. The molecule has 0 aliphatic carbocycles. The number of hydrogen-bond acceptors (Lipinski definition) is 2. The first kappa shape index (κ1) is 15.2. The van der Waals surface area contributed by atoms with Crippen molar-refractivity contribution in [3.8, 4) is 0 Å². The Hall–Kier alpha value is -0.850. The van der Waals surface area contributed by atoms with Crippen LogP contribution in [0.5, 0.6) is 0 Å². The van der Waals surface area contributed by atoms with Crippen molar-refractivity contribution in [1.29, 1.82) is 0 Å². The molecule has 0 bridgehead atoms. The van der Waals surface area contributed by atoms with E-state index >= 15 is 0 Å². The molecule has 0 aromatic heterocycles. The third kappa shape index (κ3) is 3.13. The van der Waals surface area contributed by atoms with Crippen molar-refractivity contribution >= 4 is 5.91 Å². The van der Waals surface area contributed by atoms with E-state index in [0.717, 1.165) is 11.3 Å². The SMILES string of the molecule is CCC(C)N1CCN(C(=O)C(F)(F)C(F)F)CC1. The zero-order valence-corrected chi connectivity index (χ0v) is 10.5. The van der Waals surface area contributed by atoms with Crippen LogP contribution in [-0.2, 0) is 4.79 Å². The second-order valence-electron chi connectivity index (χ2n) is 4.51. The van der Waals surface area contributed by atoms with Gasteiger partial charge in [0.25, 0.3) is 5.91 Å². The maximum Gasteiger partial charge on any atom is 0.383 e. The summed E-state index contributed by atoms with van der Waals surface area (Å²) in [7, 11) is 0. The normalized spacial score (nSPS) is 20.3. The Morgan fingerprint density at radius 3 is 2.11 bits per heavy atom. The van der Waals surface area contributed by atoms with Gasteiger partial charge in [-0.15, -0.1) is 0 Å². The van der Waals surface area contributed by atoms with Gasteiger partial charge in [0, 0.05) is 32.2 Å². The topological polar surface area (TPSA) is 23.6 Å². The van der Waals surface area contributed by atoms with Crippen LogP contribution < -0.4 is 0 Å². The second-order valence-corrected chi connectivity index (χ2v) is 4.51. The fourth-order valence-corrected chi connectivity index (χ4v) is 1.93. The van der Waals surface area contributed by atoms with Crippen LogP contribution >= 0.6 is 0 Å². The molecular weight excluding hydrogens is 252 g/mol. The average Bonchev–Trinajstić information content (AvgIpc) is 2.36. The number of carbonyl (C=O) groups is 1. The van der Waals surface area contributed by atoms with Gasteiger partial charge in [-0.1, -0.05) is 6.92 Å². The number of carbonyl (C=O) groups excluding carboxylic acids is 1. The van der Waals surface area contributed by atoms with Crippen molar-refractivity contribution in [2.75, 3.05) is 26.2 Å². The quantitative estimate of drug-likeness (QED) is 0.728. The van der Waals surface area contributed by atoms with E-state index in [0.29, 0.717) is 19.1 Å². The summed E-state index contributed by atoms with van der Waals surface area (Å²) in [6.45, 7) is 5.05. The molecule has 1 rings (SSSR count). The molecule has 18 heavy (non-hydrogen) atoms. The van der Waals surface area contributed by atoms with Gasteiger partial charge < -0.3 is 4.90 Å². The lowest BCUT2D eigenvalue weighted by molar-refractivity contribution is -0.182. The summed E-state index contributed by atoms with van der Waals surface area (Å²) in [5.41, 5.74) is 0. The fourth-order valence-electron chi connectivity index (χ4n) is 1.93. The number of hydrogen-bond donors (Lipinski definition) is 0. The Kier molecular flexibility index (Phi) is 4.95. The number of rotatable bonds is 4. The molecule has 0 saturated carbocycles. The molecule has 3 nitrogen and oxygen atoms in total. The van der Waals surface area contributed by atoms with Crippen LogP contribution in [0.25, 0.3) is 0 Å². The van der Waals surface area contributed by atoms with Crippen molar-refractivity contribution < 1.29 is 22.4 Å². The summed E-state index contributed by atoms with van der Waals surface area (Å²) in [4.78, 5) is 14.2. The zero-order chi connectivity index (χ0) is 13.9. The minimum Gasteiger partial charge on any atom is -0.335 e. The lowest BCUT2D eigenvalue weighted by Gasteiger charge is -2.38. The molecule has 0 aromatic carbocycles. The van der Waals surface area contributed by atoms with Crippen molar-refractivity contribution in [1.82, 2.24) is 9.80 Å². The van der Waals surface area contributed by atoms with Crippen molar-refractivity contribution in [3.63, 3.8) is 0 Å². The molecule has 0 N–H and O–H groups in total. The summed E-state index contributed by atoms with van der Waals surface area (Å²) in [5.74, 6) is -6.33. The smallest absolute Gasteiger partial charge is 0.335 e. The number of halogens is 4. The highest BCUT2D eigenvalue weighted by molar-refractivity contribution is 5.84. The van der Waals surface area contributed by atoms with Gasteiger partial charge in [-0.25, -0.2) is 8.78 Å². The molecule has 106 valence electrons. The zero-order valence-electron chi connectivity index (χ0n) is 10.5. The van der Waals surface area contributed by atoms with E-state index in [9.17, 15) is 22.4 Å². The monoisotopic (exact) mass is 270 g/mol. The average molecular weight is 270 g/mol. The van der Waals surface area contributed by atoms with Gasteiger partial charge in [-0.05, 0) is 13.3 Å². The molecule has 1 heterocycles. The maximum absolute atomic E-state index is 12.9. The Balaban J connectivity index is 2.56. The molecule has 7 heteroatoms. The molecule has 0 spiro atoms. The number of amides is 1. The fraction of sp³-hybridized carbons (Fsp3) is 0.909. The standard InChI is InChI=1S/C11H18F4N2O/c1-3-8(2)16-4-6-17(7-5-16)10(18)11(14,15)9(12)13/h8-9H,3-7H2,1-2H3. The van der Waals surface area contributed by atoms with Crippen LogP contribution in [0.1, 0.15) is 20.3 Å². The van der Waals surface area contributed by atoms with Crippen LogP contribution in [0, 0.1) is 0 Å². The van der Waals surface area contributed by atoms with Gasteiger partial charge in [0.1, 0.15) is 0 Å². The van der Waals surface area contributed by atoms with E-state index in [-0.39, 0.29) is 13.1 Å². The molecule has 1 aliphatic rings. The number of nitrogens with zero attached hydrogens (tertiary/aromatic N) is 2. The van der Waals surface area contributed by atoms with E-state index in [2.05, 4.69) is 4.90 Å². The van der Waals surface area contributed by atoms with Crippen LogP contribution in [0.15, 0.2) is 0 Å². The third-order valence-electron chi connectivity index (χ3n) is 3.37. The largest absolute Gasteiger partial charge is 0.383 e. The number of piperazine rings is 1. The maximum atomic E-state index is 12.9. The summed E-state index contributed by atoms with van der Waals surface area (Å²) in [6, 6.07) is 0.304. The second kappa shape index (κ2) is 5.86. The van der Waals surface area contributed by atoms with Crippen LogP contribution in [0.2, 0.25) is 0 Å². The summed E-state index contributed by atoms with van der Waals surface area (Å²) >= 11 is 0. The van der Waals surface area contributed by atoms with Crippen LogP contribution in [0.3, 0.4) is 0 Å². The van der Waals surface area contributed by atoms with Gasteiger partial charge in [0.05, 0.1) is 0 Å². The molecule has 1 fully saturated rings. The first-order valence-corrected chi connectivity index (χ1v) is 6.00. The third-order valence-corrected chi connectivity index (χ3v) is 3.37. The molecule has 0 radical (unpaired) electrons. The highest BCUT2D eigenvalue weighted by atomic mass is 19.3. The predicted molar refractivity (Wildman–Crippen MR) is 58.9 cm³/mol. The Morgan fingerprint density at radius 2 is 1.72 bits per heavy atom. The van der Waals surface area contributed by atoms with Crippen molar-refractivity contribution in [2.24, 2.45) is 0 Å². The Bertz CT molecular complexity index is 291. The van der Waals surface area contributed by atoms with E-state index in [1.54, 1.807) is 0 Å². The highest BCUT2D eigenvalue weighted by Crippen LogP contribution is 2.26. The minimum atomic E-state index is -4.57. The van der Waals surface area contributed by atoms with Gasteiger partial charge in [-0.2, -0.15) is 8.78 Å². The van der Waals surface area contributed by atoms with Gasteiger partial charge in [0.2, 0.25) is 0 Å². The molecule has 1 atom stereocenters. The predicted octanol–water partition coefficient (Wildman–Crippen LogP) is 1.83. The van der Waals surface area contributed by atoms with Gasteiger partial charge >= 0.3 is 12.3 Å². The first-order valence-electron chi connectivity index (χ1n) is 6.00. The molecule has 0 aromatic rings. The molecule has 1 amide bonds. The van der Waals surface area contributed by atoms with E-state index < -0.39 is 18.3 Å². The van der Waals surface area contributed by atoms with Gasteiger partial charge in [0.15, 0.2) is 0 Å². The van der Waals surface area contributed by atoms with Crippen molar-refractivity contribution in [2.45, 2.75) is 38.7 Å².